The Kier molecular flexibility index (Phi) is 9.56. The average molecular weight is 497 g/mol. The van der Waals surface area contributed by atoms with Crippen molar-refractivity contribution in [1.29, 1.82) is 0 Å². The lowest BCUT2D eigenvalue weighted by Gasteiger charge is -2.17. The van der Waals surface area contributed by atoms with Crippen molar-refractivity contribution < 1.29 is 13.5 Å². The molecule has 0 aliphatic rings. The second-order valence-electron chi connectivity index (χ2n) is 6.30. The molecule has 0 unspecified atom stereocenters. The second kappa shape index (κ2) is 11.9. The van der Waals surface area contributed by atoms with Crippen LogP contribution in [0.4, 0.5) is 0 Å². The predicted molar refractivity (Wildman–Crippen MR) is 130 cm³/mol. The molecule has 3 rings (SSSR count). The van der Waals surface area contributed by atoms with E-state index < -0.39 is 10.0 Å². The highest BCUT2D eigenvalue weighted by atomic mass is 32.2. The standard InChI is InChI=1S/C17H23N9O3S2.CH5N/c18-8-14-23-11-3-1-9(7-12(11)24-14)10-2-4-13(31(28,29)22-5-6-27)16(30-21)15(10)17(19)25-26-20;1-2/h1-4,7,22,26-27H,5-6,8,18,20-21H2,(H2,19,25)(H,23,24);2H2,1H3. The van der Waals surface area contributed by atoms with E-state index in [9.17, 15) is 8.42 Å². The molecule has 1 heterocycles. The van der Waals surface area contributed by atoms with Gasteiger partial charge in [-0.05, 0) is 48.3 Å². The first-order valence-corrected chi connectivity index (χ1v) is 11.9. The molecule has 0 saturated heterocycles. The smallest absolute Gasteiger partial charge is 0.241 e. The number of aliphatic hydroxyl groups is 1. The lowest BCUT2D eigenvalue weighted by molar-refractivity contribution is 0.301. The van der Waals surface area contributed by atoms with Gasteiger partial charge in [0.1, 0.15) is 5.82 Å². The van der Waals surface area contributed by atoms with Gasteiger partial charge in [0.25, 0.3) is 0 Å². The third kappa shape index (κ3) is 5.79. The van der Waals surface area contributed by atoms with Crippen molar-refractivity contribution in [3.8, 4) is 11.1 Å². The first-order chi connectivity index (χ1) is 15.9. The zero-order valence-corrected chi connectivity index (χ0v) is 19.5. The van der Waals surface area contributed by atoms with Crippen LogP contribution >= 0.6 is 11.9 Å². The summed E-state index contributed by atoms with van der Waals surface area (Å²) in [5, 5.41) is 18.6. The molecule has 15 heteroatoms. The van der Waals surface area contributed by atoms with Gasteiger partial charge < -0.3 is 27.3 Å². The molecule has 180 valence electrons. The molecule has 2 aromatic carbocycles. The third-order valence-corrected chi connectivity index (χ3v) is 6.70. The molecule has 0 radical (unpaired) electrons. The number of nitrogens with one attached hydrogen (secondary N) is 3. The van der Waals surface area contributed by atoms with E-state index in [2.05, 4.69) is 31.1 Å². The summed E-state index contributed by atoms with van der Waals surface area (Å²) in [4.78, 5) is 7.57. The molecule has 13 nitrogen and oxygen atoms in total. The Morgan fingerprint density at radius 2 is 2.00 bits per heavy atom. The predicted octanol–water partition coefficient (Wildman–Crippen LogP) is -1.42. The van der Waals surface area contributed by atoms with Crippen LogP contribution in [0.3, 0.4) is 0 Å². The number of hydrazone groups is 1. The minimum atomic E-state index is -3.97. The minimum Gasteiger partial charge on any atom is -0.395 e. The summed E-state index contributed by atoms with van der Waals surface area (Å²) < 4.78 is 27.7. The summed E-state index contributed by atoms with van der Waals surface area (Å²) >= 11 is 0.709. The normalized spacial score (nSPS) is 11.9. The molecule has 0 amide bonds. The summed E-state index contributed by atoms with van der Waals surface area (Å²) in [5.74, 6) is 5.87. The number of sulfonamides is 1. The lowest BCUT2D eigenvalue weighted by atomic mass is 9.98. The Hall–Kier alpha value is -2.76. The van der Waals surface area contributed by atoms with Crippen LogP contribution in [0.2, 0.25) is 0 Å². The largest absolute Gasteiger partial charge is 0.395 e. The number of aliphatic hydroxyl groups excluding tert-OH is 1. The Labute approximate surface area is 195 Å². The third-order valence-electron chi connectivity index (χ3n) is 4.41. The summed E-state index contributed by atoms with van der Waals surface area (Å²) in [6.45, 7) is -0.245. The van der Waals surface area contributed by atoms with Crippen molar-refractivity contribution in [2.24, 2.45) is 33.3 Å². The van der Waals surface area contributed by atoms with E-state index in [4.69, 9.17) is 27.6 Å². The number of H-pyrrole nitrogens is 1. The van der Waals surface area contributed by atoms with Crippen LogP contribution in [-0.2, 0) is 16.6 Å². The molecule has 0 fully saturated rings. The van der Waals surface area contributed by atoms with E-state index in [0.717, 1.165) is 11.0 Å². The number of hydrazine groups is 1. The van der Waals surface area contributed by atoms with Gasteiger partial charge in [-0.25, -0.2) is 29.5 Å². The fourth-order valence-corrected chi connectivity index (χ4v) is 5.20. The van der Waals surface area contributed by atoms with Crippen LogP contribution in [0.5, 0.6) is 0 Å². The first-order valence-electron chi connectivity index (χ1n) is 9.56. The molecule has 0 aliphatic carbocycles. The van der Waals surface area contributed by atoms with Gasteiger partial charge in [0.05, 0.1) is 34.0 Å². The molecule has 0 aliphatic heterocycles. The van der Waals surface area contributed by atoms with E-state index >= 15 is 0 Å². The molecule has 3 aromatic rings. The van der Waals surface area contributed by atoms with Crippen molar-refractivity contribution in [3.05, 3.63) is 41.7 Å². The summed E-state index contributed by atoms with van der Waals surface area (Å²) in [5.41, 5.74) is 21.4. The van der Waals surface area contributed by atoms with E-state index in [-0.39, 0.29) is 40.9 Å². The SMILES string of the molecule is CN.NCc1nc2ccc(-c3ccc(S(=O)(=O)NCCO)c(SN)c3/C(N)=N/NN)cc2[nH]1. The van der Waals surface area contributed by atoms with Crippen molar-refractivity contribution in [3.63, 3.8) is 0 Å². The number of aromatic nitrogens is 2. The van der Waals surface area contributed by atoms with Crippen LogP contribution < -0.4 is 38.4 Å². The number of amidine groups is 1. The number of nitrogens with two attached hydrogens (primary N) is 5. The van der Waals surface area contributed by atoms with E-state index in [0.29, 0.717) is 28.9 Å². The number of fused-ring (bicyclic) bond motifs is 1. The van der Waals surface area contributed by atoms with Gasteiger partial charge in [-0.3, -0.25) is 5.14 Å². The highest BCUT2D eigenvalue weighted by Crippen LogP contribution is 2.35. The van der Waals surface area contributed by atoms with Gasteiger partial charge in [0, 0.05) is 12.1 Å². The molecular formula is C18H28N10O3S2. The number of benzene rings is 2. The van der Waals surface area contributed by atoms with E-state index in [1.807, 2.05) is 12.1 Å². The first kappa shape index (κ1) is 26.5. The van der Waals surface area contributed by atoms with Crippen LogP contribution in [-0.4, -0.2) is 49.5 Å². The Morgan fingerprint density at radius 1 is 1.27 bits per heavy atom. The number of rotatable bonds is 9. The lowest BCUT2D eigenvalue weighted by Crippen LogP contribution is -2.29. The van der Waals surface area contributed by atoms with E-state index in [1.54, 1.807) is 12.1 Å². The highest BCUT2D eigenvalue weighted by molar-refractivity contribution is 7.98. The van der Waals surface area contributed by atoms with Crippen molar-refractivity contribution in [1.82, 2.24) is 20.2 Å². The molecule has 33 heavy (non-hydrogen) atoms. The number of imidazole rings is 1. The summed E-state index contributed by atoms with van der Waals surface area (Å²) in [7, 11) is -2.47. The number of aromatic amines is 1. The quantitative estimate of drug-likeness (QED) is 0.0546. The zero-order valence-electron chi connectivity index (χ0n) is 17.9. The van der Waals surface area contributed by atoms with Gasteiger partial charge in [-0.15, -0.1) is 5.10 Å². The van der Waals surface area contributed by atoms with Crippen LogP contribution in [0.25, 0.3) is 22.2 Å². The molecule has 1 aromatic heterocycles. The highest BCUT2D eigenvalue weighted by Gasteiger charge is 2.25. The summed E-state index contributed by atoms with van der Waals surface area (Å²) in [6.07, 6.45) is 0. The fraction of sp³-hybridized carbons (Fsp3) is 0.222. The van der Waals surface area contributed by atoms with Gasteiger partial charge >= 0.3 is 0 Å². The molecule has 0 saturated carbocycles. The Balaban J connectivity index is 0.00000187. The van der Waals surface area contributed by atoms with Crippen molar-refractivity contribution in [2.45, 2.75) is 16.3 Å². The molecule has 0 spiro atoms. The number of hydrogen-bond donors (Lipinski definition) is 9. The summed E-state index contributed by atoms with van der Waals surface area (Å²) in [6, 6.07) is 8.48. The fourth-order valence-electron chi connectivity index (χ4n) is 3.10. The molecule has 0 bridgehead atoms. The topological polar surface area (TPSA) is 250 Å². The van der Waals surface area contributed by atoms with Gasteiger partial charge in [0.2, 0.25) is 10.0 Å². The number of hydrogen-bond acceptors (Lipinski definition) is 11. The molecule has 0 atom stereocenters. The van der Waals surface area contributed by atoms with Gasteiger partial charge in [0.15, 0.2) is 5.84 Å². The molecular weight excluding hydrogens is 468 g/mol. The molecule has 14 N–H and O–H groups in total. The van der Waals surface area contributed by atoms with Gasteiger partial charge in [-0.1, -0.05) is 12.1 Å². The second-order valence-corrected chi connectivity index (χ2v) is 8.68. The van der Waals surface area contributed by atoms with Crippen LogP contribution in [0, 0.1) is 0 Å². The van der Waals surface area contributed by atoms with Crippen molar-refractivity contribution >= 4 is 38.8 Å². The van der Waals surface area contributed by atoms with Gasteiger partial charge in [-0.2, -0.15) is 0 Å². The number of nitrogens with zero attached hydrogens (tertiary/aromatic N) is 2. The van der Waals surface area contributed by atoms with E-state index in [1.165, 1.54) is 13.1 Å². The maximum absolute atomic E-state index is 12.7. The van der Waals surface area contributed by atoms with Crippen LogP contribution in [0.1, 0.15) is 11.4 Å². The Morgan fingerprint density at radius 3 is 2.61 bits per heavy atom. The zero-order chi connectivity index (χ0) is 24.6. The minimum absolute atomic E-state index is 0.0583. The maximum Gasteiger partial charge on any atom is 0.241 e. The average Bonchev–Trinajstić information content (AvgIpc) is 3.25. The van der Waals surface area contributed by atoms with Crippen molar-refractivity contribution in [2.75, 3.05) is 20.2 Å². The monoisotopic (exact) mass is 496 g/mol. The maximum atomic E-state index is 12.7. The van der Waals surface area contributed by atoms with Crippen LogP contribution in [0.15, 0.2) is 45.2 Å². The Bertz CT molecular complexity index is 1230.